The van der Waals surface area contributed by atoms with Gasteiger partial charge in [0.15, 0.2) is 11.5 Å². The maximum Gasteiger partial charge on any atom is 0.295 e. The number of methoxy groups -OCH3 is 1. The third-order valence-corrected chi connectivity index (χ3v) is 7.32. The molecule has 1 N–H and O–H groups in total. The quantitative estimate of drug-likeness (QED) is 0.180. The highest BCUT2D eigenvalue weighted by Gasteiger charge is 2.46. The van der Waals surface area contributed by atoms with Crippen LogP contribution >= 0.6 is 0 Å². The van der Waals surface area contributed by atoms with Gasteiger partial charge in [-0.25, -0.2) is 0 Å². The number of ketones is 1. The van der Waals surface area contributed by atoms with Gasteiger partial charge in [0.25, 0.3) is 11.7 Å². The molecule has 0 saturated carbocycles. The minimum absolute atomic E-state index is 0.0564. The number of hydrogen-bond acceptors (Lipinski definition) is 8. The normalized spacial score (nSPS) is 19.2. The molecule has 2 heterocycles. The van der Waals surface area contributed by atoms with Crippen LogP contribution in [0.1, 0.15) is 49.4 Å². The molecule has 9 heteroatoms. The van der Waals surface area contributed by atoms with Crippen LogP contribution in [0.2, 0.25) is 0 Å². The van der Waals surface area contributed by atoms with E-state index in [2.05, 4.69) is 11.8 Å². The van der Waals surface area contributed by atoms with Crippen molar-refractivity contribution in [3.05, 3.63) is 58.7 Å². The molecule has 2 aliphatic rings. The number of unbranched alkanes of at least 4 members (excludes halogenated alkanes) is 1. The van der Waals surface area contributed by atoms with E-state index < -0.39 is 17.7 Å². The van der Waals surface area contributed by atoms with E-state index in [0.717, 1.165) is 31.5 Å². The number of aliphatic hydroxyl groups excluding tert-OH is 1. The smallest absolute Gasteiger partial charge is 0.295 e. The summed E-state index contributed by atoms with van der Waals surface area (Å²) in [4.78, 5) is 30.7. The third-order valence-electron chi connectivity index (χ3n) is 7.32. The first-order valence-corrected chi connectivity index (χ1v) is 14.0. The first kappa shape index (κ1) is 29.4. The molecule has 0 aliphatic carbocycles. The van der Waals surface area contributed by atoms with Gasteiger partial charge in [0.2, 0.25) is 0 Å². The number of likely N-dealkylation sites (tertiary alicyclic amines) is 1. The molecular formula is C31H40N2O7. The van der Waals surface area contributed by atoms with Gasteiger partial charge in [-0.3, -0.25) is 14.5 Å². The molecule has 2 aromatic rings. The molecule has 0 spiro atoms. The predicted molar refractivity (Wildman–Crippen MR) is 152 cm³/mol. The Kier molecular flexibility index (Phi) is 10.1. The van der Waals surface area contributed by atoms with E-state index in [1.165, 1.54) is 0 Å². The monoisotopic (exact) mass is 552 g/mol. The Morgan fingerprint density at radius 1 is 1.02 bits per heavy atom. The second-order valence-corrected chi connectivity index (χ2v) is 9.97. The average Bonchev–Trinajstić information content (AvgIpc) is 3.22. The highest BCUT2D eigenvalue weighted by Crippen LogP contribution is 2.42. The molecule has 1 unspecified atom stereocenters. The van der Waals surface area contributed by atoms with Gasteiger partial charge >= 0.3 is 0 Å². The molecule has 2 aromatic carbocycles. The molecule has 1 amide bonds. The third kappa shape index (κ3) is 6.42. The summed E-state index contributed by atoms with van der Waals surface area (Å²) in [6.45, 7) is 10.6. The number of benzene rings is 2. The number of morpholine rings is 1. The summed E-state index contributed by atoms with van der Waals surface area (Å²) in [6, 6.07) is 9.92. The predicted octanol–water partition coefficient (Wildman–Crippen LogP) is 4.34. The zero-order valence-electron chi connectivity index (χ0n) is 23.9. The van der Waals surface area contributed by atoms with Crippen LogP contribution in [-0.4, -0.2) is 86.3 Å². The molecular weight excluding hydrogens is 512 g/mol. The fourth-order valence-electron chi connectivity index (χ4n) is 5.13. The summed E-state index contributed by atoms with van der Waals surface area (Å²) in [5.74, 6) is 0.213. The Morgan fingerprint density at radius 2 is 1.80 bits per heavy atom. The van der Waals surface area contributed by atoms with Gasteiger partial charge in [-0.15, -0.1) is 0 Å². The van der Waals surface area contributed by atoms with Crippen molar-refractivity contribution in [3.63, 3.8) is 0 Å². The summed E-state index contributed by atoms with van der Waals surface area (Å²) in [5.41, 5.74) is 1.93. The van der Waals surface area contributed by atoms with Crippen molar-refractivity contribution >= 4 is 17.4 Å². The van der Waals surface area contributed by atoms with E-state index in [1.807, 2.05) is 26.0 Å². The topological polar surface area (TPSA) is 97.8 Å². The molecule has 9 nitrogen and oxygen atoms in total. The number of nitrogens with zero attached hydrogens (tertiary/aromatic N) is 2. The summed E-state index contributed by atoms with van der Waals surface area (Å²) in [5, 5.41) is 11.6. The summed E-state index contributed by atoms with van der Waals surface area (Å²) >= 11 is 0. The SMILES string of the molecule is CCCCOc1ccc(C2/C(=C(\O)c3ccc(OCC)cc3C)C(=O)C(=O)N2CCN2CCOCC2)cc1OC. The maximum atomic E-state index is 13.5. The molecule has 2 fully saturated rings. The van der Waals surface area contributed by atoms with Crippen LogP contribution in [0, 0.1) is 6.92 Å². The van der Waals surface area contributed by atoms with Gasteiger partial charge in [-0.1, -0.05) is 19.4 Å². The fourth-order valence-corrected chi connectivity index (χ4v) is 5.13. The first-order valence-electron chi connectivity index (χ1n) is 14.0. The van der Waals surface area contributed by atoms with Crippen LogP contribution in [0.4, 0.5) is 0 Å². The van der Waals surface area contributed by atoms with Crippen molar-refractivity contribution in [1.29, 1.82) is 0 Å². The Hall–Kier alpha value is -3.56. The standard InChI is InChI=1S/C31H40N2O7/c1-5-7-16-40-25-11-8-22(20-26(25)37-4)28-27(29(34)24-10-9-23(39-6-2)19-21(24)3)30(35)31(36)33(28)13-12-32-14-17-38-18-15-32/h8-11,19-20,28,34H,5-7,12-18H2,1-4H3/b29-27+. The van der Waals surface area contributed by atoms with E-state index in [1.54, 1.807) is 36.3 Å². The van der Waals surface area contributed by atoms with E-state index in [4.69, 9.17) is 18.9 Å². The second-order valence-electron chi connectivity index (χ2n) is 9.97. The number of ether oxygens (including phenoxy) is 4. The second kappa shape index (κ2) is 13.7. The molecule has 0 radical (unpaired) electrons. The van der Waals surface area contributed by atoms with Crippen molar-refractivity contribution in [2.75, 3.05) is 59.7 Å². The number of carbonyl (C=O) groups excluding carboxylic acids is 2. The summed E-state index contributed by atoms with van der Waals surface area (Å²) in [6.07, 6.45) is 1.91. The van der Waals surface area contributed by atoms with Crippen molar-refractivity contribution in [2.45, 2.75) is 39.7 Å². The van der Waals surface area contributed by atoms with Gasteiger partial charge in [0, 0.05) is 31.7 Å². The highest BCUT2D eigenvalue weighted by molar-refractivity contribution is 6.46. The zero-order valence-corrected chi connectivity index (χ0v) is 23.9. The maximum absolute atomic E-state index is 13.5. The van der Waals surface area contributed by atoms with Crippen molar-refractivity contribution in [2.24, 2.45) is 0 Å². The first-order chi connectivity index (χ1) is 19.4. The van der Waals surface area contributed by atoms with Crippen LogP contribution in [0.3, 0.4) is 0 Å². The minimum atomic E-state index is -0.786. The average molecular weight is 553 g/mol. The van der Waals surface area contributed by atoms with Gasteiger partial charge in [-0.05, 0) is 61.7 Å². The van der Waals surface area contributed by atoms with E-state index >= 15 is 0 Å². The highest BCUT2D eigenvalue weighted by atomic mass is 16.5. The Morgan fingerprint density at radius 3 is 2.48 bits per heavy atom. The van der Waals surface area contributed by atoms with E-state index in [-0.39, 0.29) is 11.3 Å². The van der Waals surface area contributed by atoms with Gasteiger partial charge < -0.3 is 29.0 Å². The molecule has 40 heavy (non-hydrogen) atoms. The van der Waals surface area contributed by atoms with Crippen LogP contribution in [-0.2, 0) is 14.3 Å². The summed E-state index contributed by atoms with van der Waals surface area (Å²) in [7, 11) is 1.56. The van der Waals surface area contributed by atoms with Gasteiger partial charge in [-0.2, -0.15) is 0 Å². The number of carbonyl (C=O) groups is 2. The lowest BCUT2D eigenvalue weighted by Crippen LogP contribution is -2.42. The van der Waals surface area contributed by atoms with Gasteiger partial charge in [0.1, 0.15) is 11.5 Å². The number of amides is 1. The molecule has 1 atom stereocenters. The Bertz CT molecular complexity index is 1240. The molecule has 216 valence electrons. The van der Waals surface area contributed by atoms with Crippen LogP contribution in [0.15, 0.2) is 42.0 Å². The van der Waals surface area contributed by atoms with E-state index in [0.29, 0.717) is 67.9 Å². The Balaban J connectivity index is 1.76. The minimum Gasteiger partial charge on any atom is -0.507 e. The molecule has 0 aromatic heterocycles. The molecule has 2 aliphatic heterocycles. The van der Waals surface area contributed by atoms with Crippen LogP contribution in [0.5, 0.6) is 17.2 Å². The fraction of sp³-hybridized carbons (Fsp3) is 0.484. The van der Waals surface area contributed by atoms with Gasteiger partial charge in [0.05, 0.1) is 45.2 Å². The van der Waals surface area contributed by atoms with E-state index in [9.17, 15) is 14.7 Å². The molecule has 4 rings (SSSR count). The number of aryl methyl sites for hydroxylation is 1. The number of rotatable bonds is 12. The molecule has 2 saturated heterocycles. The van der Waals surface area contributed by atoms with Crippen LogP contribution < -0.4 is 14.2 Å². The lowest BCUT2D eigenvalue weighted by molar-refractivity contribution is -0.140. The van der Waals surface area contributed by atoms with Crippen molar-refractivity contribution in [1.82, 2.24) is 9.80 Å². The van der Waals surface area contributed by atoms with Crippen molar-refractivity contribution in [3.8, 4) is 17.2 Å². The number of hydrogen-bond donors (Lipinski definition) is 1. The van der Waals surface area contributed by atoms with Crippen molar-refractivity contribution < 1.29 is 33.6 Å². The zero-order chi connectivity index (χ0) is 28.6. The largest absolute Gasteiger partial charge is 0.507 e. The van der Waals surface area contributed by atoms with Crippen LogP contribution in [0.25, 0.3) is 5.76 Å². The summed E-state index contributed by atoms with van der Waals surface area (Å²) < 4.78 is 22.6. The number of aliphatic hydroxyl groups is 1. The lowest BCUT2D eigenvalue weighted by atomic mass is 9.93. The lowest BCUT2D eigenvalue weighted by Gasteiger charge is -2.31. The Labute approximate surface area is 236 Å². The number of Topliss-reactive ketones (excluding diaryl/α,β-unsaturated/α-hetero) is 1. The molecule has 0 bridgehead atoms.